The van der Waals surface area contributed by atoms with E-state index in [1.165, 1.54) is 24.8 Å². The van der Waals surface area contributed by atoms with Crippen molar-refractivity contribution < 1.29 is 4.79 Å². The summed E-state index contributed by atoms with van der Waals surface area (Å²) < 4.78 is 2.09. The van der Waals surface area contributed by atoms with Crippen LogP contribution in [0.5, 0.6) is 0 Å². The summed E-state index contributed by atoms with van der Waals surface area (Å²) in [6.45, 7) is 0.839. The molecule has 4 fully saturated rings. The van der Waals surface area contributed by atoms with Crippen molar-refractivity contribution in [3.8, 4) is 0 Å². The van der Waals surface area contributed by atoms with Crippen LogP contribution in [0, 0.1) is 17.3 Å². The Morgan fingerprint density at radius 2 is 1.92 bits per heavy atom. The van der Waals surface area contributed by atoms with Gasteiger partial charge in [0.05, 0.1) is 11.0 Å². The molecule has 0 spiro atoms. The topological polar surface area (TPSA) is 51.0 Å². The van der Waals surface area contributed by atoms with Gasteiger partial charge in [0.15, 0.2) is 0 Å². The second-order valence-electron chi connectivity index (χ2n) is 9.14. The number of benzene rings is 1. The van der Waals surface area contributed by atoms with Gasteiger partial charge in [0.1, 0.15) is 12.7 Å². The summed E-state index contributed by atoms with van der Waals surface area (Å²) in [5, 5.41) is 4.51. The van der Waals surface area contributed by atoms with Gasteiger partial charge < -0.3 is 4.90 Å². The Morgan fingerprint density at radius 3 is 2.69 bits per heavy atom. The first-order valence-corrected chi connectivity index (χ1v) is 9.93. The van der Waals surface area contributed by atoms with Gasteiger partial charge in [-0.15, -0.1) is 0 Å². The molecule has 1 aliphatic heterocycles. The maximum absolute atomic E-state index is 13.9. The van der Waals surface area contributed by atoms with E-state index in [1.807, 2.05) is 6.33 Å². The van der Waals surface area contributed by atoms with E-state index in [9.17, 15) is 4.79 Å². The number of rotatable bonds is 2. The van der Waals surface area contributed by atoms with E-state index >= 15 is 0 Å². The van der Waals surface area contributed by atoms with Gasteiger partial charge >= 0.3 is 0 Å². The lowest BCUT2D eigenvalue weighted by Crippen LogP contribution is -2.61. The lowest BCUT2D eigenvalue weighted by Gasteiger charge is -2.61. The fraction of sp³-hybridized carbons (Fsp3) is 0.571. The lowest BCUT2D eigenvalue weighted by atomic mass is 9.46. The molecule has 134 valence electrons. The molecule has 0 saturated heterocycles. The van der Waals surface area contributed by atoms with Crippen molar-refractivity contribution in [1.82, 2.24) is 14.8 Å². The van der Waals surface area contributed by atoms with Crippen LogP contribution in [0.25, 0.3) is 0 Å². The van der Waals surface area contributed by atoms with E-state index < -0.39 is 0 Å². The zero-order valence-corrected chi connectivity index (χ0v) is 15.0. The Balaban J connectivity index is 1.40. The molecule has 5 heteroatoms. The molecule has 4 saturated carbocycles. The number of amides is 1. The molecule has 0 N–H and O–H groups in total. The minimum Gasteiger partial charge on any atom is -0.311 e. The summed E-state index contributed by atoms with van der Waals surface area (Å²) in [5.41, 5.74) is 2.27. The Labute approximate surface area is 153 Å². The van der Waals surface area contributed by atoms with Crippen LogP contribution in [0.1, 0.15) is 44.1 Å². The van der Waals surface area contributed by atoms with E-state index in [2.05, 4.69) is 43.9 Å². The van der Waals surface area contributed by atoms with E-state index in [4.69, 9.17) is 0 Å². The van der Waals surface area contributed by atoms with Gasteiger partial charge in [0, 0.05) is 12.2 Å². The monoisotopic (exact) mass is 348 g/mol. The molecule has 4 atom stereocenters. The van der Waals surface area contributed by atoms with Crippen LogP contribution in [0.3, 0.4) is 0 Å². The molecule has 7 rings (SSSR count). The van der Waals surface area contributed by atoms with Crippen LogP contribution in [-0.4, -0.2) is 27.2 Å². The standard InChI is InChI=1S/C21H24N4O/c26-19(24-6-5-17-3-1-2-4-18(17)24)20-8-15-7-16(9-20)11-21(10-15,12-20)25-14-22-13-23-25/h1-4,13-16H,5-12H2/t15-,16+,20?,21?. The van der Waals surface area contributed by atoms with Crippen molar-refractivity contribution in [2.45, 2.75) is 50.5 Å². The summed E-state index contributed by atoms with van der Waals surface area (Å²) >= 11 is 0. The highest BCUT2D eigenvalue weighted by Crippen LogP contribution is 2.64. The predicted octanol–water partition coefficient (Wildman–Crippen LogP) is 3.16. The summed E-state index contributed by atoms with van der Waals surface area (Å²) in [5.74, 6) is 1.69. The Bertz CT molecular complexity index is 860. The minimum absolute atomic E-state index is 0.00941. The number of hydrogen-bond donors (Lipinski definition) is 0. The van der Waals surface area contributed by atoms with Gasteiger partial charge in [-0.05, 0) is 68.4 Å². The summed E-state index contributed by atoms with van der Waals surface area (Å²) in [7, 11) is 0. The second-order valence-corrected chi connectivity index (χ2v) is 9.14. The van der Waals surface area contributed by atoms with Gasteiger partial charge in [-0.1, -0.05) is 18.2 Å². The summed E-state index contributed by atoms with van der Waals surface area (Å²) in [6, 6.07) is 8.42. The highest BCUT2D eigenvalue weighted by molar-refractivity contribution is 5.99. The Morgan fingerprint density at radius 1 is 1.12 bits per heavy atom. The highest BCUT2D eigenvalue weighted by atomic mass is 16.2. The first-order chi connectivity index (χ1) is 12.7. The number of para-hydroxylation sites is 1. The van der Waals surface area contributed by atoms with E-state index in [-0.39, 0.29) is 11.0 Å². The third kappa shape index (κ3) is 1.89. The van der Waals surface area contributed by atoms with Gasteiger partial charge in [-0.2, -0.15) is 5.10 Å². The number of carbonyl (C=O) groups is 1. The molecule has 5 aliphatic rings. The average molecular weight is 348 g/mol. The van der Waals surface area contributed by atoms with Crippen LogP contribution in [-0.2, 0) is 16.8 Å². The SMILES string of the molecule is O=C(N1CCc2ccccc21)C12C[C@H]3C[C@@H](C1)CC(n1cncn1)(C3)C2. The normalized spacial score (nSPS) is 37.2. The van der Waals surface area contributed by atoms with Crippen molar-refractivity contribution in [3.63, 3.8) is 0 Å². The number of aromatic nitrogens is 3. The number of fused-ring (bicyclic) bond motifs is 1. The van der Waals surface area contributed by atoms with Crippen molar-refractivity contribution in [2.24, 2.45) is 17.3 Å². The third-order valence-corrected chi connectivity index (χ3v) is 7.52. The summed E-state index contributed by atoms with van der Waals surface area (Å²) in [6.07, 6.45) is 11.2. The fourth-order valence-corrected chi connectivity index (χ4v) is 7.02. The zero-order valence-electron chi connectivity index (χ0n) is 15.0. The lowest BCUT2D eigenvalue weighted by molar-refractivity contribution is -0.153. The minimum atomic E-state index is -0.201. The molecule has 0 radical (unpaired) electrons. The van der Waals surface area contributed by atoms with Crippen LogP contribution in [0.15, 0.2) is 36.9 Å². The molecule has 1 aromatic carbocycles. The van der Waals surface area contributed by atoms with Gasteiger partial charge in [-0.3, -0.25) is 4.79 Å². The predicted molar refractivity (Wildman–Crippen MR) is 97.6 cm³/mol. The smallest absolute Gasteiger partial charge is 0.233 e. The third-order valence-electron chi connectivity index (χ3n) is 7.52. The molecule has 2 aromatic rings. The van der Waals surface area contributed by atoms with Crippen molar-refractivity contribution in [2.75, 3.05) is 11.4 Å². The quantitative estimate of drug-likeness (QED) is 0.838. The molecule has 5 nitrogen and oxygen atoms in total. The molecular formula is C21H24N4O. The first-order valence-electron chi connectivity index (χ1n) is 9.93. The fourth-order valence-electron chi connectivity index (χ4n) is 7.02. The van der Waals surface area contributed by atoms with Crippen molar-refractivity contribution in [3.05, 3.63) is 42.5 Å². The van der Waals surface area contributed by atoms with Crippen LogP contribution >= 0.6 is 0 Å². The Hall–Kier alpha value is -2.17. The van der Waals surface area contributed by atoms with Crippen LogP contribution < -0.4 is 4.90 Å². The zero-order chi connectivity index (χ0) is 17.4. The molecule has 2 heterocycles. The van der Waals surface area contributed by atoms with Gasteiger partial charge in [-0.25, -0.2) is 9.67 Å². The first kappa shape index (κ1) is 14.9. The number of carbonyl (C=O) groups excluding carboxylic acids is 1. The summed E-state index contributed by atoms with van der Waals surface area (Å²) in [4.78, 5) is 20.2. The van der Waals surface area contributed by atoms with E-state index in [0.717, 1.165) is 37.9 Å². The maximum atomic E-state index is 13.9. The van der Waals surface area contributed by atoms with Gasteiger partial charge in [0.25, 0.3) is 0 Å². The van der Waals surface area contributed by atoms with Gasteiger partial charge in [0.2, 0.25) is 5.91 Å². The number of hydrogen-bond acceptors (Lipinski definition) is 3. The molecule has 4 aliphatic carbocycles. The molecule has 4 bridgehead atoms. The van der Waals surface area contributed by atoms with Crippen molar-refractivity contribution in [1.29, 1.82) is 0 Å². The van der Waals surface area contributed by atoms with Crippen LogP contribution in [0.4, 0.5) is 5.69 Å². The van der Waals surface area contributed by atoms with E-state index in [0.29, 0.717) is 17.7 Å². The molecule has 2 unspecified atom stereocenters. The molecule has 26 heavy (non-hydrogen) atoms. The molecule has 1 amide bonds. The Kier molecular flexibility index (Phi) is 2.85. The average Bonchev–Trinajstić information content (AvgIpc) is 3.30. The maximum Gasteiger partial charge on any atom is 0.233 e. The van der Waals surface area contributed by atoms with Crippen LogP contribution in [0.2, 0.25) is 0 Å². The number of nitrogens with zero attached hydrogens (tertiary/aromatic N) is 4. The largest absolute Gasteiger partial charge is 0.311 e. The number of anilines is 1. The van der Waals surface area contributed by atoms with Crippen molar-refractivity contribution >= 4 is 11.6 Å². The van der Waals surface area contributed by atoms with E-state index in [1.54, 1.807) is 6.33 Å². The molecular weight excluding hydrogens is 324 g/mol. The highest BCUT2D eigenvalue weighted by Gasteiger charge is 2.62. The molecule has 1 aromatic heterocycles. The second kappa shape index (κ2) is 4.96.